The molecule has 0 saturated heterocycles. The molecule has 11 nitrogen and oxygen atoms in total. The lowest BCUT2D eigenvalue weighted by Crippen LogP contribution is -2.47. The smallest absolute Gasteiger partial charge is 0.323 e. The summed E-state index contributed by atoms with van der Waals surface area (Å²) in [6.07, 6.45) is 2.38. The number of aromatic nitrogens is 4. The Morgan fingerprint density at radius 2 is 1.89 bits per heavy atom. The van der Waals surface area contributed by atoms with E-state index in [1.54, 1.807) is 10.9 Å². The number of nitrogens with one attached hydrogen (secondary N) is 2. The topological polar surface area (TPSA) is 157 Å². The normalized spacial score (nSPS) is 14.8. The van der Waals surface area contributed by atoms with Gasteiger partial charge in [-0.2, -0.15) is 0 Å². The zero-order valence-corrected chi connectivity index (χ0v) is 21.6. The highest BCUT2D eigenvalue weighted by molar-refractivity contribution is 7.59. The highest BCUT2D eigenvalue weighted by Gasteiger charge is 2.36. The number of ether oxygens (including phenoxy) is 1. The molecule has 0 saturated carbocycles. The Balaban J connectivity index is 1.70. The van der Waals surface area contributed by atoms with Crippen molar-refractivity contribution in [3.8, 4) is 0 Å². The minimum absolute atomic E-state index is 0.210. The van der Waals surface area contributed by atoms with E-state index in [1.807, 2.05) is 31.2 Å². The Morgan fingerprint density at radius 3 is 2.51 bits per heavy atom. The Hall–Kier alpha value is -2.85. The third-order valence-electron chi connectivity index (χ3n) is 5.60. The van der Waals surface area contributed by atoms with Crippen LogP contribution in [0.1, 0.15) is 51.7 Å². The van der Waals surface area contributed by atoms with Crippen molar-refractivity contribution in [1.29, 1.82) is 0 Å². The standard InChI is InChI=1S/C23H34N7O4P/c1-15(2)18-8-6-17(7-9-18)10-28-35(33,29-23(4,5)22(31)32)14-34-16(3)11-30-13-27-19-20(24)25-12-26-21(19)30/h6-9,12-13,15-16H,10-11,14H2,1-5H3,(H,31,32)(H2,24,25,26)(H2,28,29,33)/t16-,35-/m1/s1. The van der Waals surface area contributed by atoms with E-state index in [0.29, 0.717) is 30.2 Å². The van der Waals surface area contributed by atoms with Crippen molar-refractivity contribution in [2.24, 2.45) is 0 Å². The summed E-state index contributed by atoms with van der Waals surface area (Å²) in [6.45, 7) is 9.66. The zero-order chi connectivity index (χ0) is 25.8. The highest BCUT2D eigenvalue weighted by Crippen LogP contribution is 2.40. The molecule has 0 spiro atoms. The van der Waals surface area contributed by atoms with Crippen molar-refractivity contribution in [1.82, 2.24) is 29.7 Å². The van der Waals surface area contributed by atoms with Gasteiger partial charge in [0.1, 0.15) is 23.7 Å². The largest absolute Gasteiger partial charge is 0.480 e. The lowest BCUT2D eigenvalue weighted by atomic mass is 10.0. The van der Waals surface area contributed by atoms with Crippen molar-refractivity contribution >= 4 is 30.4 Å². The first-order valence-electron chi connectivity index (χ1n) is 11.4. The van der Waals surface area contributed by atoms with Gasteiger partial charge in [-0.3, -0.25) is 9.36 Å². The minimum atomic E-state index is -3.46. The van der Waals surface area contributed by atoms with Crippen LogP contribution < -0.4 is 15.9 Å². The van der Waals surface area contributed by atoms with Crippen molar-refractivity contribution in [2.45, 2.75) is 65.3 Å². The third kappa shape index (κ3) is 6.85. The summed E-state index contributed by atoms with van der Waals surface area (Å²) in [5.41, 5.74) is 7.63. The molecule has 0 unspecified atom stereocenters. The number of hydrogen-bond acceptors (Lipinski definition) is 7. The van der Waals surface area contributed by atoms with E-state index in [-0.39, 0.29) is 18.3 Å². The molecule has 5 N–H and O–H groups in total. The number of fused-ring (bicyclic) bond motifs is 1. The van der Waals surface area contributed by atoms with Gasteiger partial charge >= 0.3 is 5.97 Å². The Labute approximate surface area is 205 Å². The van der Waals surface area contributed by atoms with E-state index in [2.05, 4.69) is 39.0 Å². The van der Waals surface area contributed by atoms with Crippen LogP contribution in [-0.2, 0) is 27.2 Å². The summed E-state index contributed by atoms with van der Waals surface area (Å²) in [4.78, 5) is 24.1. The predicted molar refractivity (Wildman–Crippen MR) is 135 cm³/mol. The molecule has 0 amide bonds. The first kappa shape index (κ1) is 26.7. The van der Waals surface area contributed by atoms with Crippen LogP contribution in [-0.4, -0.2) is 48.6 Å². The molecular formula is C23H34N7O4P. The van der Waals surface area contributed by atoms with Crippen molar-refractivity contribution in [2.75, 3.05) is 12.1 Å². The molecule has 0 aliphatic carbocycles. The minimum Gasteiger partial charge on any atom is -0.480 e. The maximum atomic E-state index is 13.8. The van der Waals surface area contributed by atoms with Crippen LogP contribution in [0.25, 0.3) is 11.2 Å². The molecule has 2 atom stereocenters. The van der Waals surface area contributed by atoms with E-state index in [1.165, 1.54) is 25.7 Å². The Kier molecular flexibility index (Phi) is 8.27. The van der Waals surface area contributed by atoms with Gasteiger partial charge in [0.15, 0.2) is 11.5 Å². The number of benzene rings is 1. The van der Waals surface area contributed by atoms with Crippen LogP contribution >= 0.6 is 7.44 Å². The summed E-state index contributed by atoms with van der Waals surface area (Å²) >= 11 is 0. The number of hydrogen-bond donors (Lipinski definition) is 4. The third-order valence-corrected chi connectivity index (χ3v) is 7.71. The molecule has 35 heavy (non-hydrogen) atoms. The van der Waals surface area contributed by atoms with Gasteiger partial charge in [0, 0.05) is 6.54 Å². The number of nitrogens with two attached hydrogens (primary N) is 1. The van der Waals surface area contributed by atoms with E-state index in [0.717, 1.165) is 5.56 Å². The molecule has 2 aromatic heterocycles. The highest BCUT2D eigenvalue weighted by atomic mass is 31.2. The first-order valence-corrected chi connectivity index (χ1v) is 13.3. The van der Waals surface area contributed by atoms with Crippen LogP contribution in [0.5, 0.6) is 0 Å². The number of anilines is 1. The maximum absolute atomic E-state index is 13.8. The molecule has 3 aromatic rings. The van der Waals surface area contributed by atoms with E-state index >= 15 is 0 Å². The summed E-state index contributed by atoms with van der Waals surface area (Å²) in [6, 6.07) is 8.00. The SMILES string of the molecule is CC(C)c1ccc(CN[P@](=O)(CO[C@H](C)Cn2cnc3c(N)ncnc32)NC(C)(C)C(=O)O)cc1. The molecule has 0 fully saturated rings. The van der Waals surface area contributed by atoms with Crippen LogP contribution in [0.4, 0.5) is 5.82 Å². The maximum Gasteiger partial charge on any atom is 0.323 e. The van der Waals surface area contributed by atoms with Gasteiger partial charge in [-0.25, -0.2) is 25.1 Å². The number of aliphatic carboxylic acids is 1. The van der Waals surface area contributed by atoms with Crippen molar-refractivity contribution < 1.29 is 19.2 Å². The summed E-state index contributed by atoms with van der Waals surface area (Å²) in [5.74, 6) is -0.417. The molecular weight excluding hydrogens is 469 g/mol. The Morgan fingerprint density at radius 1 is 1.20 bits per heavy atom. The average Bonchev–Trinajstić information content (AvgIpc) is 3.20. The monoisotopic (exact) mass is 503 g/mol. The number of nitrogens with zero attached hydrogens (tertiary/aromatic N) is 4. The molecule has 0 aliphatic rings. The fourth-order valence-electron chi connectivity index (χ4n) is 3.45. The number of imidazole rings is 1. The van der Waals surface area contributed by atoms with Crippen LogP contribution in [0.3, 0.4) is 0 Å². The van der Waals surface area contributed by atoms with Gasteiger partial charge in [0.05, 0.1) is 19.0 Å². The van der Waals surface area contributed by atoms with Crippen LogP contribution in [0, 0.1) is 0 Å². The summed E-state index contributed by atoms with van der Waals surface area (Å²) in [7, 11) is -3.46. The lowest BCUT2D eigenvalue weighted by Gasteiger charge is -2.30. The lowest BCUT2D eigenvalue weighted by molar-refractivity contribution is -0.142. The molecule has 0 radical (unpaired) electrons. The molecule has 2 heterocycles. The molecule has 1 aromatic carbocycles. The number of carbonyl (C=O) groups is 1. The Bertz CT molecular complexity index is 1210. The molecule has 12 heteroatoms. The number of carboxylic acids is 1. The van der Waals surface area contributed by atoms with E-state index < -0.39 is 19.0 Å². The van der Waals surface area contributed by atoms with Gasteiger partial charge in [-0.15, -0.1) is 0 Å². The van der Waals surface area contributed by atoms with Crippen molar-refractivity contribution in [3.05, 3.63) is 48.0 Å². The molecule has 0 aliphatic heterocycles. The van der Waals surface area contributed by atoms with Gasteiger partial charge in [-0.05, 0) is 37.8 Å². The summed E-state index contributed by atoms with van der Waals surface area (Å²) < 4.78 is 21.5. The van der Waals surface area contributed by atoms with Gasteiger partial charge < -0.3 is 20.1 Å². The van der Waals surface area contributed by atoms with Crippen LogP contribution in [0.2, 0.25) is 0 Å². The second-order valence-electron chi connectivity index (χ2n) is 9.45. The van der Waals surface area contributed by atoms with Gasteiger partial charge in [0.25, 0.3) is 0 Å². The first-order chi connectivity index (χ1) is 16.4. The number of nitrogen functional groups attached to an aromatic ring is 1. The number of carboxylic acid groups (broad SMARTS) is 1. The fraction of sp³-hybridized carbons (Fsp3) is 0.478. The quantitative estimate of drug-likeness (QED) is 0.270. The number of rotatable bonds is 12. The average molecular weight is 504 g/mol. The van der Waals surface area contributed by atoms with E-state index in [9.17, 15) is 14.5 Å². The molecule has 3 rings (SSSR count). The molecule has 0 bridgehead atoms. The predicted octanol–water partition coefficient (Wildman–Crippen LogP) is 3.33. The van der Waals surface area contributed by atoms with E-state index in [4.69, 9.17) is 10.5 Å². The fourth-order valence-corrected chi connectivity index (χ4v) is 5.59. The second kappa shape index (κ2) is 10.8. The van der Waals surface area contributed by atoms with Crippen LogP contribution in [0.15, 0.2) is 36.9 Å². The van der Waals surface area contributed by atoms with Crippen molar-refractivity contribution in [3.63, 3.8) is 0 Å². The molecule has 190 valence electrons. The zero-order valence-electron chi connectivity index (χ0n) is 20.7. The van der Waals surface area contributed by atoms with Gasteiger partial charge in [0.2, 0.25) is 7.44 Å². The summed E-state index contributed by atoms with van der Waals surface area (Å²) in [5, 5.41) is 15.4. The van der Waals surface area contributed by atoms with Gasteiger partial charge in [-0.1, -0.05) is 38.1 Å². The second-order valence-corrected chi connectivity index (χ2v) is 11.7.